The third-order valence-electron chi connectivity index (χ3n) is 3.37. The smallest absolute Gasteiger partial charge is 0.259 e. The molecule has 0 unspecified atom stereocenters. The summed E-state index contributed by atoms with van der Waals surface area (Å²) in [5, 5.41) is 4.19. The average Bonchev–Trinajstić information content (AvgIpc) is 2.82. The number of thiazole rings is 1. The Balaban J connectivity index is 1.80. The van der Waals surface area contributed by atoms with Gasteiger partial charge in [0.25, 0.3) is 5.91 Å². The number of aromatic nitrogens is 1. The van der Waals surface area contributed by atoms with E-state index in [0.717, 1.165) is 29.8 Å². The van der Waals surface area contributed by atoms with Crippen molar-refractivity contribution in [3.63, 3.8) is 0 Å². The molecule has 0 radical (unpaired) electrons. The molecule has 0 bridgehead atoms. The average molecular weight is 342 g/mol. The Kier molecular flexibility index (Phi) is 4.17. The molecule has 0 saturated heterocycles. The molecule has 7 heteroatoms. The van der Waals surface area contributed by atoms with Crippen molar-refractivity contribution >= 4 is 45.6 Å². The van der Waals surface area contributed by atoms with Crippen LogP contribution in [0.25, 0.3) is 0 Å². The van der Waals surface area contributed by atoms with E-state index in [1.165, 1.54) is 11.3 Å². The quantitative estimate of drug-likeness (QED) is 0.877. The summed E-state index contributed by atoms with van der Waals surface area (Å²) in [6, 6.07) is 4.97. The number of hydrogen-bond donors (Lipinski definition) is 2. The number of anilines is 1. The predicted molar refractivity (Wildman–Crippen MR) is 86.5 cm³/mol. The number of nitrogens with one attached hydrogen (secondary N) is 1. The highest BCUT2D eigenvalue weighted by molar-refractivity contribution is 7.15. The Morgan fingerprint density at radius 1 is 1.43 bits per heavy atom. The fourth-order valence-corrected chi connectivity index (χ4v) is 3.76. The molecule has 0 saturated carbocycles. The molecule has 1 aliphatic carbocycles. The highest BCUT2D eigenvalue weighted by Crippen LogP contribution is 2.30. The van der Waals surface area contributed by atoms with Crippen LogP contribution in [0.2, 0.25) is 10.0 Å². The number of hydrogen-bond acceptors (Lipinski definition) is 4. The van der Waals surface area contributed by atoms with E-state index in [0.29, 0.717) is 20.7 Å². The minimum atomic E-state index is -0.308. The fourth-order valence-electron chi connectivity index (χ4n) is 2.29. The van der Waals surface area contributed by atoms with Gasteiger partial charge in [-0.05, 0) is 37.5 Å². The van der Waals surface area contributed by atoms with Gasteiger partial charge >= 0.3 is 0 Å². The molecule has 1 amide bonds. The Labute approximate surface area is 136 Å². The number of benzene rings is 1. The van der Waals surface area contributed by atoms with Gasteiger partial charge in [-0.25, -0.2) is 4.98 Å². The lowest BCUT2D eigenvalue weighted by atomic mass is 9.99. The lowest BCUT2D eigenvalue weighted by Crippen LogP contribution is -2.27. The molecule has 4 nitrogen and oxygen atoms in total. The predicted octanol–water partition coefficient (Wildman–Crippen LogP) is 3.52. The molecule has 110 valence electrons. The van der Waals surface area contributed by atoms with Crippen LogP contribution < -0.4 is 11.1 Å². The number of carbonyl (C=O) groups is 1. The molecule has 0 spiro atoms. The van der Waals surface area contributed by atoms with Gasteiger partial charge in [-0.15, -0.1) is 11.3 Å². The fraction of sp³-hybridized carbons (Fsp3) is 0.286. The van der Waals surface area contributed by atoms with Gasteiger partial charge in [-0.2, -0.15) is 0 Å². The molecule has 21 heavy (non-hydrogen) atoms. The van der Waals surface area contributed by atoms with Crippen LogP contribution in [0.15, 0.2) is 18.2 Å². The topological polar surface area (TPSA) is 68.0 Å². The number of amides is 1. The maximum Gasteiger partial charge on any atom is 0.259 e. The molecule has 1 aromatic carbocycles. The second kappa shape index (κ2) is 5.93. The molecule has 1 atom stereocenters. The van der Waals surface area contributed by atoms with Crippen molar-refractivity contribution in [3.8, 4) is 0 Å². The van der Waals surface area contributed by atoms with Crippen LogP contribution in [0.5, 0.6) is 0 Å². The van der Waals surface area contributed by atoms with Crippen LogP contribution in [0.3, 0.4) is 0 Å². The molecular formula is C14H13Cl2N3OS. The first-order chi connectivity index (χ1) is 10.0. The summed E-state index contributed by atoms with van der Waals surface area (Å²) in [6.45, 7) is 0. The molecule has 1 aliphatic rings. The van der Waals surface area contributed by atoms with Crippen molar-refractivity contribution in [3.05, 3.63) is 44.4 Å². The Hall–Kier alpha value is -1.14. The highest BCUT2D eigenvalue weighted by atomic mass is 35.5. The number of rotatable bonds is 2. The zero-order valence-corrected chi connectivity index (χ0v) is 13.4. The summed E-state index contributed by atoms with van der Waals surface area (Å²) in [5.41, 5.74) is 7.33. The van der Waals surface area contributed by atoms with Crippen LogP contribution in [-0.4, -0.2) is 16.9 Å². The van der Waals surface area contributed by atoms with Gasteiger partial charge in [0.1, 0.15) is 0 Å². The van der Waals surface area contributed by atoms with E-state index in [1.54, 1.807) is 18.2 Å². The third kappa shape index (κ3) is 3.21. The van der Waals surface area contributed by atoms with Crippen molar-refractivity contribution in [2.24, 2.45) is 5.73 Å². The van der Waals surface area contributed by atoms with Gasteiger partial charge in [-0.3, -0.25) is 10.1 Å². The summed E-state index contributed by atoms with van der Waals surface area (Å²) in [7, 11) is 0. The van der Waals surface area contributed by atoms with Gasteiger partial charge in [-0.1, -0.05) is 23.2 Å². The summed E-state index contributed by atoms with van der Waals surface area (Å²) >= 11 is 13.4. The Morgan fingerprint density at radius 2 is 2.24 bits per heavy atom. The van der Waals surface area contributed by atoms with Gasteiger partial charge in [0, 0.05) is 15.9 Å². The second-order valence-corrected chi connectivity index (χ2v) is 6.90. The van der Waals surface area contributed by atoms with Crippen molar-refractivity contribution in [1.29, 1.82) is 0 Å². The van der Waals surface area contributed by atoms with E-state index in [-0.39, 0.29) is 11.9 Å². The van der Waals surface area contributed by atoms with E-state index in [2.05, 4.69) is 10.3 Å². The molecular weight excluding hydrogens is 329 g/mol. The zero-order valence-electron chi connectivity index (χ0n) is 11.0. The lowest BCUT2D eigenvalue weighted by Gasteiger charge is -2.15. The number of aryl methyl sites for hydroxylation is 1. The normalized spacial score (nSPS) is 17.4. The SMILES string of the molecule is N[C@H]1CCc2nc(NC(=O)c3cc(Cl)ccc3Cl)sc2C1. The largest absolute Gasteiger partial charge is 0.327 e. The third-order valence-corrected chi connectivity index (χ3v) is 4.97. The van der Waals surface area contributed by atoms with Crippen LogP contribution in [0, 0.1) is 0 Å². The molecule has 3 rings (SSSR count). The molecule has 3 N–H and O–H groups in total. The van der Waals surface area contributed by atoms with E-state index in [9.17, 15) is 4.79 Å². The standard InChI is InChI=1S/C14H13Cl2N3OS/c15-7-1-3-10(16)9(5-7)13(20)19-14-18-11-4-2-8(17)6-12(11)21-14/h1,3,5,8H,2,4,6,17H2,(H,18,19,20)/t8-/m0/s1. The van der Waals surface area contributed by atoms with Gasteiger partial charge in [0.05, 0.1) is 16.3 Å². The number of nitrogens with two attached hydrogens (primary N) is 1. The highest BCUT2D eigenvalue weighted by Gasteiger charge is 2.21. The molecule has 1 heterocycles. The summed E-state index contributed by atoms with van der Waals surface area (Å²) in [5.74, 6) is -0.308. The lowest BCUT2D eigenvalue weighted by molar-refractivity contribution is 0.102. The zero-order chi connectivity index (χ0) is 15.0. The van der Waals surface area contributed by atoms with E-state index < -0.39 is 0 Å². The molecule has 2 aromatic rings. The van der Waals surface area contributed by atoms with E-state index in [4.69, 9.17) is 28.9 Å². The number of carbonyl (C=O) groups excluding carboxylic acids is 1. The summed E-state index contributed by atoms with van der Waals surface area (Å²) in [4.78, 5) is 17.9. The molecule has 0 aliphatic heterocycles. The van der Waals surface area contributed by atoms with Crippen molar-refractivity contribution in [2.75, 3.05) is 5.32 Å². The van der Waals surface area contributed by atoms with Gasteiger partial charge in [0.2, 0.25) is 0 Å². The molecule has 1 aromatic heterocycles. The van der Waals surface area contributed by atoms with Crippen molar-refractivity contribution in [1.82, 2.24) is 4.98 Å². The van der Waals surface area contributed by atoms with E-state index in [1.807, 2.05) is 0 Å². The first-order valence-corrected chi connectivity index (χ1v) is 8.10. The van der Waals surface area contributed by atoms with Crippen molar-refractivity contribution < 1.29 is 4.79 Å². The van der Waals surface area contributed by atoms with Crippen molar-refractivity contribution in [2.45, 2.75) is 25.3 Å². The Morgan fingerprint density at radius 3 is 3.05 bits per heavy atom. The van der Waals surface area contributed by atoms with Gasteiger partial charge in [0.15, 0.2) is 5.13 Å². The van der Waals surface area contributed by atoms with Crippen LogP contribution >= 0.6 is 34.5 Å². The van der Waals surface area contributed by atoms with Gasteiger partial charge < -0.3 is 5.73 Å². The summed E-state index contributed by atoms with van der Waals surface area (Å²) in [6.07, 6.45) is 2.62. The first kappa shape index (κ1) is 14.8. The second-order valence-electron chi connectivity index (χ2n) is 4.97. The number of nitrogens with zero attached hydrogens (tertiary/aromatic N) is 1. The number of fused-ring (bicyclic) bond motifs is 1. The Bertz CT molecular complexity index is 702. The minimum absolute atomic E-state index is 0.184. The van der Waals surface area contributed by atoms with Crippen LogP contribution in [0.4, 0.5) is 5.13 Å². The monoisotopic (exact) mass is 341 g/mol. The first-order valence-electron chi connectivity index (χ1n) is 6.53. The maximum atomic E-state index is 12.3. The molecule has 0 fully saturated rings. The number of halogens is 2. The van der Waals surface area contributed by atoms with Crippen LogP contribution in [0.1, 0.15) is 27.3 Å². The maximum absolute atomic E-state index is 12.3. The minimum Gasteiger partial charge on any atom is -0.327 e. The summed E-state index contributed by atoms with van der Waals surface area (Å²) < 4.78 is 0. The van der Waals surface area contributed by atoms with Crippen LogP contribution in [-0.2, 0) is 12.8 Å². The van der Waals surface area contributed by atoms with E-state index >= 15 is 0 Å².